The van der Waals surface area contributed by atoms with Crippen LogP contribution in [0, 0.1) is 6.92 Å². The Morgan fingerprint density at radius 3 is 2.79 bits per heavy atom. The van der Waals surface area contributed by atoms with Gasteiger partial charge in [0.2, 0.25) is 0 Å². The number of hydrogen-bond donors (Lipinski definition) is 1. The Kier molecular flexibility index (Phi) is 4.04. The first-order chi connectivity index (χ1) is 6.62. The minimum Gasteiger partial charge on any atom is -0.385 e. The molecule has 0 aliphatic rings. The van der Waals surface area contributed by atoms with Crippen molar-refractivity contribution in [3.63, 3.8) is 0 Å². The van der Waals surface area contributed by atoms with E-state index in [1.807, 2.05) is 14.0 Å². The van der Waals surface area contributed by atoms with E-state index in [0.717, 1.165) is 23.7 Å². The van der Waals surface area contributed by atoms with E-state index in [-0.39, 0.29) is 5.54 Å². The van der Waals surface area contributed by atoms with Gasteiger partial charge in [0.1, 0.15) is 5.01 Å². The summed E-state index contributed by atoms with van der Waals surface area (Å²) in [4.78, 5) is 4.51. The van der Waals surface area contributed by atoms with Gasteiger partial charge in [-0.15, -0.1) is 11.3 Å². The SMILES string of the molecule is CNC(C)(CCOC)c1nc(C)cs1. The zero-order valence-corrected chi connectivity index (χ0v) is 10.1. The maximum absolute atomic E-state index is 5.10. The first kappa shape index (κ1) is 11.6. The molecule has 1 rings (SSSR count). The molecule has 0 aliphatic carbocycles. The van der Waals surface area contributed by atoms with E-state index in [4.69, 9.17) is 4.74 Å². The summed E-state index contributed by atoms with van der Waals surface area (Å²) in [5.74, 6) is 0. The maximum atomic E-state index is 5.10. The summed E-state index contributed by atoms with van der Waals surface area (Å²) in [6, 6.07) is 0. The Morgan fingerprint density at radius 1 is 1.64 bits per heavy atom. The van der Waals surface area contributed by atoms with E-state index in [1.165, 1.54) is 0 Å². The average molecular weight is 214 g/mol. The van der Waals surface area contributed by atoms with Crippen LogP contribution in [0.25, 0.3) is 0 Å². The van der Waals surface area contributed by atoms with Gasteiger partial charge in [-0.2, -0.15) is 0 Å². The molecule has 1 atom stereocenters. The molecule has 14 heavy (non-hydrogen) atoms. The lowest BCUT2D eigenvalue weighted by Crippen LogP contribution is -2.37. The standard InChI is InChI=1S/C10H18N2OS/c1-8-7-14-9(12-8)10(2,11-3)5-6-13-4/h7,11H,5-6H2,1-4H3. The number of aromatic nitrogens is 1. The van der Waals surface area contributed by atoms with E-state index in [2.05, 4.69) is 22.6 Å². The lowest BCUT2D eigenvalue weighted by atomic mass is 10.00. The van der Waals surface area contributed by atoms with Gasteiger partial charge in [-0.25, -0.2) is 4.98 Å². The molecule has 1 heterocycles. The fourth-order valence-corrected chi connectivity index (χ4v) is 2.25. The maximum Gasteiger partial charge on any atom is 0.113 e. The van der Waals surface area contributed by atoms with Crippen molar-refractivity contribution in [2.45, 2.75) is 25.8 Å². The number of ether oxygens (including phenoxy) is 1. The van der Waals surface area contributed by atoms with Gasteiger partial charge in [-0.05, 0) is 27.3 Å². The molecular weight excluding hydrogens is 196 g/mol. The third kappa shape index (κ3) is 2.53. The number of nitrogens with zero attached hydrogens (tertiary/aromatic N) is 1. The molecular formula is C10H18N2OS. The van der Waals surface area contributed by atoms with Crippen molar-refractivity contribution in [1.82, 2.24) is 10.3 Å². The number of aryl methyl sites for hydroxylation is 1. The zero-order chi connectivity index (χ0) is 10.6. The summed E-state index contributed by atoms with van der Waals surface area (Å²) in [6.07, 6.45) is 0.937. The largest absolute Gasteiger partial charge is 0.385 e. The highest BCUT2D eigenvalue weighted by Gasteiger charge is 2.27. The van der Waals surface area contributed by atoms with Crippen LogP contribution in [0.2, 0.25) is 0 Å². The molecule has 1 aromatic heterocycles. The fraction of sp³-hybridized carbons (Fsp3) is 0.700. The number of nitrogens with one attached hydrogen (secondary N) is 1. The van der Waals surface area contributed by atoms with Crippen LogP contribution in [-0.4, -0.2) is 25.7 Å². The van der Waals surface area contributed by atoms with Crippen LogP contribution in [0.1, 0.15) is 24.0 Å². The van der Waals surface area contributed by atoms with Gasteiger partial charge in [-0.3, -0.25) is 0 Å². The van der Waals surface area contributed by atoms with Gasteiger partial charge in [-0.1, -0.05) is 0 Å². The number of rotatable bonds is 5. The molecule has 0 aromatic carbocycles. The summed E-state index contributed by atoms with van der Waals surface area (Å²) in [5, 5.41) is 6.53. The molecule has 0 saturated carbocycles. The van der Waals surface area contributed by atoms with Crippen LogP contribution in [0.4, 0.5) is 0 Å². The van der Waals surface area contributed by atoms with Crippen molar-refractivity contribution in [1.29, 1.82) is 0 Å². The van der Waals surface area contributed by atoms with Crippen LogP contribution in [0.15, 0.2) is 5.38 Å². The van der Waals surface area contributed by atoms with Gasteiger partial charge in [0.15, 0.2) is 0 Å². The molecule has 80 valence electrons. The molecule has 0 radical (unpaired) electrons. The topological polar surface area (TPSA) is 34.1 Å². The number of hydrogen-bond acceptors (Lipinski definition) is 4. The Hall–Kier alpha value is -0.450. The summed E-state index contributed by atoms with van der Waals surface area (Å²) < 4.78 is 5.10. The molecule has 0 amide bonds. The predicted octanol–water partition coefficient (Wildman–Crippen LogP) is 1.92. The molecule has 4 heteroatoms. The van der Waals surface area contributed by atoms with Crippen molar-refractivity contribution in [3.05, 3.63) is 16.1 Å². The van der Waals surface area contributed by atoms with E-state index < -0.39 is 0 Å². The quantitative estimate of drug-likeness (QED) is 0.813. The Labute approximate surface area is 89.5 Å². The van der Waals surface area contributed by atoms with Gasteiger partial charge in [0, 0.05) is 24.8 Å². The van der Waals surface area contributed by atoms with Crippen LogP contribution < -0.4 is 5.32 Å². The molecule has 3 nitrogen and oxygen atoms in total. The van der Waals surface area contributed by atoms with Gasteiger partial charge < -0.3 is 10.1 Å². The van der Waals surface area contributed by atoms with E-state index in [9.17, 15) is 0 Å². The summed E-state index contributed by atoms with van der Waals surface area (Å²) in [7, 11) is 3.69. The molecule has 0 saturated heterocycles. The van der Waals surface area contributed by atoms with Gasteiger partial charge >= 0.3 is 0 Å². The van der Waals surface area contributed by atoms with Crippen molar-refractivity contribution in [2.24, 2.45) is 0 Å². The van der Waals surface area contributed by atoms with Crippen LogP contribution in [-0.2, 0) is 10.3 Å². The first-order valence-corrected chi connectivity index (χ1v) is 5.61. The number of thiazole rings is 1. The second-order valence-electron chi connectivity index (χ2n) is 3.62. The molecule has 0 spiro atoms. The van der Waals surface area contributed by atoms with Crippen molar-refractivity contribution in [3.8, 4) is 0 Å². The van der Waals surface area contributed by atoms with E-state index >= 15 is 0 Å². The molecule has 0 bridgehead atoms. The molecule has 1 unspecified atom stereocenters. The van der Waals surface area contributed by atoms with Gasteiger partial charge in [0.25, 0.3) is 0 Å². The number of methoxy groups -OCH3 is 1. The van der Waals surface area contributed by atoms with Crippen molar-refractivity contribution >= 4 is 11.3 Å². The third-order valence-electron chi connectivity index (χ3n) is 2.45. The predicted molar refractivity (Wildman–Crippen MR) is 59.8 cm³/mol. The highest BCUT2D eigenvalue weighted by molar-refractivity contribution is 7.09. The average Bonchev–Trinajstić information content (AvgIpc) is 2.62. The van der Waals surface area contributed by atoms with Crippen molar-refractivity contribution in [2.75, 3.05) is 20.8 Å². The van der Waals surface area contributed by atoms with Gasteiger partial charge in [0.05, 0.1) is 5.54 Å². The second-order valence-corrected chi connectivity index (χ2v) is 4.48. The summed E-state index contributed by atoms with van der Waals surface area (Å²) in [5.41, 5.74) is 1.03. The summed E-state index contributed by atoms with van der Waals surface area (Å²) >= 11 is 1.70. The third-order valence-corrected chi connectivity index (χ3v) is 3.67. The molecule has 0 aliphatic heterocycles. The second kappa shape index (κ2) is 4.87. The van der Waals surface area contributed by atoms with Crippen molar-refractivity contribution < 1.29 is 4.74 Å². The van der Waals surface area contributed by atoms with Crippen LogP contribution >= 0.6 is 11.3 Å². The Morgan fingerprint density at radius 2 is 2.36 bits per heavy atom. The highest BCUT2D eigenvalue weighted by atomic mass is 32.1. The lowest BCUT2D eigenvalue weighted by molar-refractivity contribution is 0.162. The van der Waals surface area contributed by atoms with Crippen LogP contribution in [0.3, 0.4) is 0 Å². The fourth-order valence-electron chi connectivity index (χ4n) is 1.25. The minimum absolute atomic E-state index is 0.0606. The Balaban J connectivity index is 2.78. The zero-order valence-electron chi connectivity index (χ0n) is 9.26. The summed E-state index contributed by atoms with van der Waals surface area (Å²) in [6.45, 7) is 4.92. The minimum atomic E-state index is -0.0606. The van der Waals surface area contributed by atoms with Crippen LogP contribution in [0.5, 0.6) is 0 Å². The highest BCUT2D eigenvalue weighted by Crippen LogP contribution is 2.27. The molecule has 1 N–H and O–H groups in total. The molecule has 0 fully saturated rings. The first-order valence-electron chi connectivity index (χ1n) is 4.73. The molecule has 1 aromatic rings. The smallest absolute Gasteiger partial charge is 0.113 e. The van der Waals surface area contributed by atoms with E-state index in [0.29, 0.717) is 0 Å². The van der Waals surface area contributed by atoms with E-state index in [1.54, 1.807) is 18.4 Å². The normalized spacial score (nSPS) is 15.4. The lowest BCUT2D eigenvalue weighted by Gasteiger charge is -2.26. The Bertz CT molecular complexity index is 287. The monoisotopic (exact) mass is 214 g/mol.